The van der Waals surface area contributed by atoms with E-state index in [2.05, 4.69) is 22.0 Å². The Labute approximate surface area is 200 Å². The molecule has 2 heterocycles. The predicted octanol–water partition coefficient (Wildman–Crippen LogP) is 5.48. The number of nitrogens with one attached hydrogen (secondary N) is 1. The number of aromatic nitrogens is 1. The number of carbonyl (C=O) groups is 1. The molecule has 0 aliphatic carbocycles. The van der Waals surface area contributed by atoms with E-state index in [1.165, 1.54) is 17.7 Å². The molecule has 6 heteroatoms. The van der Waals surface area contributed by atoms with Crippen LogP contribution in [0.2, 0.25) is 0 Å². The minimum atomic E-state index is -0.307. The van der Waals surface area contributed by atoms with Crippen LogP contribution in [0.3, 0.4) is 0 Å². The summed E-state index contributed by atoms with van der Waals surface area (Å²) < 4.78 is 18.8. The van der Waals surface area contributed by atoms with Gasteiger partial charge in [-0.1, -0.05) is 41.1 Å². The van der Waals surface area contributed by atoms with Gasteiger partial charge >= 0.3 is 0 Å². The van der Waals surface area contributed by atoms with Crippen molar-refractivity contribution in [3.05, 3.63) is 83.8 Å². The summed E-state index contributed by atoms with van der Waals surface area (Å²) in [5, 5.41) is 8.13. The molecule has 1 fully saturated rings. The smallest absolute Gasteiger partial charge is 0.243 e. The second-order valence-corrected chi connectivity index (χ2v) is 9.11. The molecule has 2 aromatic carbocycles. The summed E-state index contributed by atoms with van der Waals surface area (Å²) in [5.41, 5.74) is 3.65. The van der Waals surface area contributed by atoms with Gasteiger partial charge in [0.15, 0.2) is 5.58 Å². The average molecular weight is 462 g/mol. The maximum atomic E-state index is 13.4. The number of fused-ring (bicyclic) bond motifs is 1. The Bertz CT molecular complexity index is 1160. The molecule has 1 aromatic heterocycles. The summed E-state index contributed by atoms with van der Waals surface area (Å²) in [4.78, 5) is 14.6. The van der Waals surface area contributed by atoms with E-state index in [1.54, 1.807) is 12.1 Å². The van der Waals surface area contributed by atoms with E-state index in [0.29, 0.717) is 24.0 Å². The van der Waals surface area contributed by atoms with Crippen LogP contribution in [0, 0.1) is 18.7 Å². The maximum Gasteiger partial charge on any atom is 0.243 e. The Morgan fingerprint density at radius 3 is 2.88 bits per heavy atom. The van der Waals surface area contributed by atoms with E-state index in [0.717, 1.165) is 55.5 Å². The standard InChI is InChI=1S/C28H32FN3O2/c1-3-21(11-14-30-27(33)10-7-22-6-4-5-20(2)17-22)19-32-15-12-23(13-16-32)28-25-9-8-24(29)18-26(25)34-31-28/h3-10,17-18,21,23H,1,11-16,19H2,2H3,(H,30,33)/b10-7+/t21-/m0/s1. The van der Waals surface area contributed by atoms with Crippen LogP contribution in [0.25, 0.3) is 17.0 Å². The number of aryl methyl sites for hydroxylation is 1. The minimum absolute atomic E-state index is 0.0788. The molecule has 5 nitrogen and oxygen atoms in total. The van der Waals surface area contributed by atoms with Crippen molar-refractivity contribution in [3.63, 3.8) is 0 Å². The number of rotatable bonds is 9. The molecule has 1 atom stereocenters. The van der Waals surface area contributed by atoms with Gasteiger partial charge in [-0.2, -0.15) is 0 Å². The van der Waals surface area contributed by atoms with Crippen LogP contribution in [0.15, 0.2) is 65.7 Å². The molecule has 1 N–H and O–H groups in total. The molecule has 34 heavy (non-hydrogen) atoms. The number of likely N-dealkylation sites (tertiary alicyclic amines) is 1. The van der Waals surface area contributed by atoms with Crippen LogP contribution in [-0.4, -0.2) is 42.1 Å². The Hall–Kier alpha value is -3.25. The number of piperidine rings is 1. The Balaban J connectivity index is 1.20. The molecule has 1 aliphatic heterocycles. The number of amides is 1. The first-order valence-electron chi connectivity index (χ1n) is 11.9. The SMILES string of the molecule is C=C[C@@H](CCNC(=O)/C=C/c1cccc(C)c1)CN1CCC(c2noc3cc(F)ccc23)CC1. The molecule has 0 spiro atoms. The maximum absolute atomic E-state index is 13.4. The minimum Gasteiger partial charge on any atom is -0.356 e. The monoisotopic (exact) mass is 461 g/mol. The van der Waals surface area contributed by atoms with Crippen molar-refractivity contribution in [2.75, 3.05) is 26.2 Å². The van der Waals surface area contributed by atoms with Gasteiger partial charge in [-0.15, -0.1) is 6.58 Å². The van der Waals surface area contributed by atoms with Crippen molar-refractivity contribution in [1.82, 2.24) is 15.4 Å². The van der Waals surface area contributed by atoms with Crippen LogP contribution < -0.4 is 5.32 Å². The van der Waals surface area contributed by atoms with Gasteiger partial charge in [0.1, 0.15) is 5.82 Å². The number of nitrogens with zero attached hydrogens (tertiary/aromatic N) is 2. The lowest BCUT2D eigenvalue weighted by Crippen LogP contribution is -2.37. The van der Waals surface area contributed by atoms with Gasteiger partial charge in [0.2, 0.25) is 5.91 Å². The first-order valence-corrected chi connectivity index (χ1v) is 11.9. The Morgan fingerprint density at radius 1 is 1.29 bits per heavy atom. The van der Waals surface area contributed by atoms with Crippen LogP contribution in [0.4, 0.5) is 4.39 Å². The van der Waals surface area contributed by atoms with Gasteiger partial charge in [0.05, 0.1) is 5.69 Å². The fraction of sp³-hybridized carbons (Fsp3) is 0.357. The summed E-state index contributed by atoms with van der Waals surface area (Å²) in [7, 11) is 0. The van der Waals surface area contributed by atoms with E-state index in [1.807, 2.05) is 43.3 Å². The first kappa shape index (κ1) is 23.9. The van der Waals surface area contributed by atoms with Crippen molar-refractivity contribution < 1.29 is 13.7 Å². The normalized spacial score (nSPS) is 16.2. The molecule has 0 unspecified atom stereocenters. The summed E-state index contributed by atoms with van der Waals surface area (Å²) in [5.74, 6) is 0.252. The van der Waals surface area contributed by atoms with Gasteiger partial charge in [0, 0.05) is 36.5 Å². The zero-order valence-corrected chi connectivity index (χ0v) is 19.7. The third kappa shape index (κ3) is 6.20. The average Bonchev–Trinajstić information content (AvgIpc) is 3.25. The number of hydrogen-bond acceptors (Lipinski definition) is 4. The third-order valence-electron chi connectivity index (χ3n) is 6.55. The van der Waals surface area contributed by atoms with E-state index < -0.39 is 0 Å². The van der Waals surface area contributed by atoms with E-state index in [4.69, 9.17) is 4.52 Å². The lowest BCUT2D eigenvalue weighted by molar-refractivity contribution is -0.116. The van der Waals surface area contributed by atoms with Gasteiger partial charge in [-0.05, 0) is 69.0 Å². The molecular weight excluding hydrogens is 429 g/mol. The van der Waals surface area contributed by atoms with Crippen molar-refractivity contribution in [3.8, 4) is 0 Å². The second-order valence-electron chi connectivity index (χ2n) is 9.11. The fourth-order valence-corrected chi connectivity index (χ4v) is 4.61. The molecule has 4 rings (SSSR count). The van der Waals surface area contributed by atoms with Crippen LogP contribution in [0.1, 0.15) is 42.0 Å². The largest absolute Gasteiger partial charge is 0.356 e. The van der Waals surface area contributed by atoms with Crippen molar-refractivity contribution in [2.45, 2.75) is 32.1 Å². The zero-order chi connectivity index (χ0) is 23.9. The lowest BCUT2D eigenvalue weighted by Gasteiger charge is -2.33. The second kappa shape index (κ2) is 11.3. The van der Waals surface area contributed by atoms with Crippen LogP contribution >= 0.6 is 0 Å². The number of benzene rings is 2. The topological polar surface area (TPSA) is 58.4 Å². The van der Waals surface area contributed by atoms with Gasteiger partial charge in [-0.25, -0.2) is 4.39 Å². The number of carbonyl (C=O) groups excluding carboxylic acids is 1. The van der Waals surface area contributed by atoms with Crippen LogP contribution in [0.5, 0.6) is 0 Å². The fourth-order valence-electron chi connectivity index (χ4n) is 4.61. The molecule has 0 radical (unpaired) electrons. The quantitative estimate of drug-likeness (QED) is 0.339. The van der Waals surface area contributed by atoms with Crippen molar-refractivity contribution >= 4 is 23.0 Å². The van der Waals surface area contributed by atoms with Gasteiger partial charge in [-0.3, -0.25) is 4.79 Å². The third-order valence-corrected chi connectivity index (χ3v) is 6.55. The molecular formula is C28H32FN3O2. The Morgan fingerprint density at radius 2 is 2.12 bits per heavy atom. The molecule has 1 saturated heterocycles. The summed E-state index contributed by atoms with van der Waals surface area (Å²) in [6, 6.07) is 12.7. The van der Waals surface area contributed by atoms with Crippen molar-refractivity contribution in [2.24, 2.45) is 5.92 Å². The number of hydrogen-bond donors (Lipinski definition) is 1. The highest BCUT2D eigenvalue weighted by molar-refractivity contribution is 5.91. The van der Waals surface area contributed by atoms with Crippen LogP contribution in [-0.2, 0) is 4.79 Å². The summed E-state index contributed by atoms with van der Waals surface area (Å²) in [6.07, 6.45) is 8.25. The molecule has 0 saturated carbocycles. The Kier molecular flexibility index (Phi) is 7.91. The summed E-state index contributed by atoms with van der Waals surface area (Å²) in [6.45, 7) is 9.51. The highest BCUT2D eigenvalue weighted by Gasteiger charge is 2.26. The van der Waals surface area contributed by atoms with E-state index >= 15 is 0 Å². The van der Waals surface area contributed by atoms with Gasteiger partial charge in [0.25, 0.3) is 0 Å². The van der Waals surface area contributed by atoms with Gasteiger partial charge < -0.3 is 14.7 Å². The highest BCUT2D eigenvalue weighted by Crippen LogP contribution is 2.33. The summed E-state index contributed by atoms with van der Waals surface area (Å²) >= 11 is 0. The molecule has 178 valence electrons. The first-order chi connectivity index (χ1) is 16.5. The number of halogens is 1. The molecule has 1 aliphatic rings. The zero-order valence-electron chi connectivity index (χ0n) is 19.7. The van der Waals surface area contributed by atoms with E-state index in [-0.39, 0.29) is 11.7 Å². The van der Waals surface area contributed by atoms with Crippen molar-refractivity contribution in [1.29, 1.82) is 0 Å². The highest BCUT2D eigenvalue weighted by atomic mass is 19.1. The van der Waals surface area contributed by atoms with E-state index in [9.17, 15) is 9.18 Å². The predicted molar refractivity (Wildman–Crippen MR) is 134 cm³/mol. The molecule has 0 bridgehead atoms. The molecule has 3 aromatic rings. The lowest BCUT2D eigenvalue weighted by atomic mass is 9.91. The molecule has 1 amide bonds.